The number of nitrogens with zero attached hydrogens (tertiary/aromatic N) is 1. The summed E-state index contributed by atoms with van der Waals surface area (Å²) in [5.74, 6) is 0.0172. The molecule has 2 atom stereocenters. The predicted molar refractivity (Wildman–Crippen MR) is 76.1 cm³/mol. The Balaban J connectivity index is 1.73. The lowest BCUT2D eigenvalue weighted by atomic mass is 10.0. The van der Waals surface area contributed by atoms with Gasteiger partial charge >= 0.3 is 0 Å². The molecule has 1 aromatic rings. The first-order valence-electron chi connectivity index (χ1n) is 7.06. The van der Waals surface area contributed by atoms with Crippen LogP contribution in [-0.4, -0.2) is 36.0 Å². The van der Waals surface area contributed by atoms with Crippen LogP contribution in [0.1, 0.15) is 35.2 Å². The number of nitrogens with two attached hydrogens (primary N) is 1. The van der Waals surface area contributed by atoms with Crippen molar-refractivity contribution in [1.82, 2.24) is 10.2 Å². The van der Waals surface area contributed by atoms with E-state index in [-0.39, 0.29) is 5.91 Å². The minimum absolute atomic E-state index is 0.0172. The Morgan fingerprint density at radius 3 is 3.05 bits per heavy atom. The molecule has 0 aromatic heterocycles. The van der Waals surface area contributed by atoms with Gasteiger partial charge in [0.15, 0.2) is 0 Å². The molecule has 2 saturated heterocycles. The van der Waals surface area contributed by atoms with Crippen LogP contribution in [-0.2, 0) is 0 Å². The van der Waals surface area contributed by atoms with E-state index in [0.717, 1.165) is 18.5 Å². The van der Waals surface area contributed by atoms with Gasteiger partial charge in [0.1, 0.15) is 0 Å². The molecule has 2 heterocycles. The number of hydrogen-bond acceptors (Lipinski definition) is 3. The number of nitrogen functional groups attached to an aromatic ring is 1. The van der Waals surface area contributed by atoms with E-state index in [1.54, 1.807) is 6.07 Å². The first kappa shape index (κ1) is 12.5. The summed E-state index contributed by atoms with van der Waals surface area (Å²) >= 11 is 0. The normalized spacial score (nSPS) is 26.4. The van der Waals surface area contributed by atoms with Crippen LogP contribution in [0.5, 0.6) is 0 Å². The number of aryl methyl sites for hydroxylation is 1. The maximum Gasteiger partial charge on any atom is 0.251 e. The third-order valence-corrected chi connectivity index (χ3v) is 4.43. The average molecular weight is 259 g/mol. The number of carbonyl (C=O) groups is 1. The molecule has 1 amide bonds. The van der Waals surface area contributed by atoms with Crippen LogP contribution < -0.4 is 11.1 Å². The van der Waals surface area contributed by atoms with E-state index in [1.165, 1.54) is 19.4 Å². The van der Waals surface area contributed by atoms with E-state index in [1.807, 2.05) is 19.1 Å². The van der Waals surface area contributed by atoms with Gasteiger partial charge in [0.05, 0.1) is 0 Å². The Morgan fingerprint density at radius 2 is 2.21 bits per heavy atom. The summed E-state index contributed by atoms with van der Waals surface area (Å²) in [4.78, 5) is 14.9. The minimum Gasteiger partial charge on any atom is -0.399 e. The van der Waals surface area contributed by atoms with Crippen LogP contribution in [0, 0.1) is 6.92 Å². The number of nitrogens with one attached hydrogen (secondary N) is 1. The topological polar surface area (TPSA) is 58.4 Å². The number of amides is 1. The number of rotatable bonds is 2. The quantitative estimate of drug-likeness (QED) is 0.792. The van der Waals surface area contributed by atoms with E-state index in [4.69, 9.17) is 5.73 Å². The Hall–Kier alpha value is -1.55. The monoisotopic (exact) mass is 259 g/mol. The maximum absolute atomic E-state index is 12.4. The summed E-state index contributed by atoms with van der Waals surface area (Å²) in [7, 11) is 0. The van der Waals surface area contributed by atoms with Crippen molar-refractivity contribution in [1.29, 1.82) is 0 Å². The van der Waals surface area contributed by atoms with Crippen LogP contribution in [0.3, 0.4) is 0 Å². The second kappa shape index (κ2) is 4.85. The molecule has 4 nitrogen and oxygen atoms in total. The maximum atomic E-state index is 12.4. The molecule has 0 radical (unpaired) electrons. The van der Waals surface area contributed by atoms with Crippen LogP contribution in [0.25, 0.3) is 0 Å². The molecule has 2 aliphatic heterocycles. The molecular weight excluding hydrogens is 238 g/mol. The number of hydrogen-bond donors (Lipinski definition) is 2. The zero-order valence-corrected chi connectivity index (χ0v) is 11.4. The Morgan fingerprint density at radius 1 is 1.37 bits per heavy atom. The van der Waals surface area contributed by atoms with E-state index in [2.05, 4.69) is 10.2 Å². The molecule has 2 unspecified atom stereocenters. The molecule has 2 fully saturated rings. The first-order chi connectivity index (χ1) is 9.15. The van der Waals surface area contributed by atoms with E-state index in [0.29, 0.717) is 23.3 Å². The van der Waals surface area contributed by atoms with Crippen molar-refractivity contribution < 1.29 is 4.79 Å². The highest BCUT2D eigenvalue weighted by atomic mass is 16.1. The highest BCUT2D eigenvalue weighted by molar-refractivity contribution is 5.96. The lowest BCUT2D eigenvalue weighted by Gasteiger charge is -2.21. The number of benzene rings is 1. The van der Waals surface area contributed by atoms with E-state index >= 15 is 0 Å². The second-order valence-electron chi connectivity index (χ2n) is 5.69. The lowest BCUT2D eigenvalue weighted by molar-refractivity contribution is 0.0929. The summed E-state index contributed by atoms with van der Waals surface area (Å²) in [5.41, 5.74) is 8.10. The van der Waals surface area contributed by atoms with Gasteiger partial charge in [-0.05, 0) is 50.4 Å². The van der Waals surface area contributed by atoms with Gasteiger partial charge in [-0.25, -0.2) is 0 Å². The van der Waals surface area contributed by atoms with Gasteiger partial charge in [0, 0.05) is 29.9 Å². The summed E-state index contributed by atoms with van der Waals surface area (Å²) < 4.78 is 0. The molecule has 0 aliphatic carbocycles. The predicted octanol–water partition coefficient (Wildman–Crippen LogP) is 1.54. The molecular formula is C15H21N3O. The minimum atomic E-state index is 0.0172. The molecule has 0 saturated carbocycles. The fraction of sp³-hybridized carbons (Fsp3) is 0.533. The Labute approximate surface area is 114 Å². The van der Waals surface area contributed by atoms with Gasteiger partial charge in [0.2, 0.25) is 0 Å². The van der Waals surface area contributed by atoms with Crippen molar-refractivity contribution in [3.63, 3.8) is 0 Å². The molecule has 0 bridgehead atoms. The summed E-state index contributed by atoms with van der Waals surface area (Å²) in [6.07, 6.45) is 3.53. The van der Waals surface area contributed by atoms with Crippen molar-refractivity contribution in [2.24, 2.45) is 0 Å². The van der Waals surface area contributed by atoms with Crippen molar-refractivity contribution in [3.05, 3.63) is 29.3 Å². The van der Waals surface area contributed by atoms with Gasteiger partial charge in [-0.1, -0.05) is 6.07 Å². The number of carbonyl (C=O) groups excluding carboxylic acids is 1. The molecule has 3 N–H and O–H groups in total. The zero-order valence-electron chi connectivity index (χ0n) is 11.4. The van der Waals surface area contributed by atoms with Crippen LogP contribution in [0.2, 0.25) is 0 Å². The van der Waals surface area contributed by atoms with Crippen LogP contribution in [0.4, 0.5) is 5.69 Å². The van der Waals surface area contributed by atoms with Crippen molar-refractivity contribution in [2.45, 2.75) is 38.3 Å². The standard InChI is InChI=1S/C15H21N3O/c1-10-4-5-11(16)9-12(10)15(19)17-13-6-8-18-7-2-3-14(13)18/h4-5,9,13-14H,2-3,6-8,16H2,1H3,(H,17,19). The van der Waals surface area contributed by atoms with Gasteiger partial charge in [-0.15, -0.1) is 0 Å². The zero-order chi connectivity index (χ0) is 13.4. The summed E-state index contributed by atoms with van der Waals surface area (Å²) in [6, 6.07) is 6.36. The number of fused-ring (bicyclic) bond motifs is 1. The first-order valence-corrected chi connectivity index (χ1v) is 7.06. The third-order valence-electron chi connectivity index (χ3n) is 4.43. The summed E-state index contributed by atoms with van der Waals surface area (Å²) in [5, 5.41) is 3.20. The number of anilines is 1. The molecule has 0 spiro atoms. The van der Waals surface area contributed by atoms with Gasteiger partial charge < -0.3 is 11.1 Å². The fourth-order valence-electron chi connectivity index (χ4n) is 3.38. The summed E-state index contributed by atoms with van der Waals surface area (Å²) in [6.45, 7) is 4.25. The smallest absolute Gasteiger partial charge is 0.251 e. The van der Waals surface area contributed by atoms with E-state index in [9.17, 15) is 4.79 Å². The lowest BCUT2D eigenvalue weighted by Crippen LogP contribution is -2.42. The average Bonchev–Trinajstić information content (AvgIpc) is 2.97. The fourth-order valence-corrected chi connectivity index (χ4v) is 3.38. The Bertz CT molecular complexity index is 500. The highest BCUT2D eigenvalue weighted by Gasteiger charge is 2.37. The second-order valence-corrected chi connectivity index (χ2v) is 5.69. The van der Waals surface area contributed by atoms with Gasteiger partial charge in [0.25, 0.3) is 5.91 Å². The van der Waals surface area contributed by atoms with Crippen LogP contribution >= 0.6 is 0 Å². The van der Waals surface area contributed by atoms with Crippen molar-refractivity contribution in [3.8, 4) is 0 Å². The molecule has 3 rings (SSSR count). The molecule has 102 valence electrons. The van der Waals surface area contributed by atoms with Gasteiger partial charge in [-0.3, -0.25) is 9.69 Å². The highest BCUT2D eigenvalue weighted by Crippen LogP contribution is 2.28. The van der Waals surface area contributed by atoms with Gasteiger partial charge in [-0.2, -0.15) is 0 Å². The molecule has 19 heavy (non-hydrogen) atoms. The largest absolute Gasteiger partial charge is 0.399 e. The molecule has 1 aromatic carbocycles. The SMILES string of the molecule is Cc1ccc(N)cc1C(=O)NC1CCN2CCCC12. The molecule has 2 aliphatic rings. The van der Waals surface area contributed by atoms with E-state index < -0.39 is 0 Å². The van der Waals surface area contributed by atoms with Crippen LogP contribution in [0.15, 0.2) is 18.2 Å². The molecule has 4 heteroatoms. The van der Waals surface area contributed by atoms with Crippen molar-refractivity contribution in [2.75, 3.05) is 18.8 Å². The third kappa shape index (κ3) is 2.32. The van der Waals surface area contributed by atoms with Crippen molar-refractivity contribution >= 4 is 11.6 Å². The Kier molecular flexibility index (Phi) is 3.19.